The van der Waals surface area contributed by atoms with E-state index < -0.39 is 17.3 Å². The minimum atomic E-state index is -0.893. The van der Waals surface area contributed by atoms with Crippen LogP contribution in [0, 0.1) is 11.3 Å². The van der Waals surface area contributed by atoms with Crippen molar-refractivity contribution < 1.29 is 14.7 Å². The van der Waals surface area contributed by atoms with Crippen molar-refractivity contribution in [1.29, 1.82) is 0 Å². The lowest BCUT2D eigenvalue weighted by Gasteiger charge is -2.29. The van der Waals surface area contributed by atoms with Crippen molar-refractivity contribution >= 4 is 11.9 Å². The van der Waals surface area contributed by atoms with Crippen LogP contribution in [-0.2, 0) is 9.59 Å². The molecule has 0 rings (SSSR count). The normalized spacial score (nSPS) is 13.0. The highest BCUT2D eigenvalue weighted by Gasteiger charge is 2.28. The van der Waals surface area contributed by atoms with Crippen molar-refractivity contribution in [3.05, 3.63) is 12.7 Å². The van der Waals surface area contributed by atoms with Gasteiger partial charge in [-0.15, -0.1) is 6.58 Å². The number of carboxylic acid groups (broad SMARTS) is 1. The van der Waals surface area contributed by atoms with Gasteiger partial charge in [-0.25, -0.2) is 0 Å². The second-order valence-electron chi connectivity index (χ2n) is 4.99. The van der Waals surface area contributed by atoms with Gasteiger partial charge in [-0.1, -0.05) is 33.8 Å². The van der Waals surface area contributed by atoms with Crippen molar-refractivity contribution in [2.24, 2.45) is 11.3 Å². The minimum absolute atomic E-state index is 0.0551. The van der Waals surface area contributed by atoms with Crippen molar-refractivity contribution in [3.63, 3.8) is 0 Å². The molecular formula is C12H21NO3. The van der Waals surface area contributed by atoms with E-state index in [-0.39, 0.29) is 12.5 Å². The Morgan fingerprint density at radius 1 is 1.44 bits per heavy atom. The largest absolute Gasteiger partial charge is 0.481 e. The van der Waals surface area contributed by atoms with Gasteiger partial charge in [0, 0.05) is 18.5 Å². The van der Waals surface area contributed by atoms with Crippen LogP contribution in [-0.4, -0.2) is 35.0 Å². The molecule has 1 atom stereocenters. The Hall–Kier alpha value is -1.32. The molecule has 1 amide bonds. The zero-order valence-electron chi connectivity index (χ0n) is 10.5. The second-order valence-corrected chi connectivity index (χ2v) is 4.99. The van der Waals surface area contributed by atoms with E-state index in [1.165, 1.54) is 4.90 Å². The van der Waals surface area contributed by atoms with E-state index in [0.717, 1.165) is 0 Å². The Labute approximate surface area is 96.9 Å². The average molecular weight is 227 g/mol. The Balaban J connectivity index is 4.68. The van der Waals surface area contributed by atoms with Crippen LogP contribution in [0.25, 0.3) is 0 Å². The number of carbonyl (C=O) groups excluding carboxylic acids is 1. The molecule has 0 fully saturated rings. The third-order valence-electron chi connectivity index (χ3n) is 2.19. The van der Waals surface area contributed by atoms with E-state index in [4.69, 9.17) is 5.11 Å². The van der Waals surface area contributed by atoms with Gasteiger partial charge in [0.25, 0.3) is 0 Å². The SMILES string of the molecule is C=CCN(CC(C)C(=O)O)C(=O)C(C)(C)C. The highest BCUT2D eigenvalue weighted by atomic mass is 16.4. The van der Waals surface area contributed by atoms with Gasteiger partial charge in [0.15, 0.2) is 0 Å². The molecular weight excluding hydrogens is 206 g/mol. The molecule has 0 aromatic heterocycles. The number of rotatable bonds is 5. The molecule has 0 aromatic carbocycles. The maximum atomic E-state index is 12.0. The zero-order valence-corrected chi connectivity index (χ0v) is 10.5. The molecule has 1 unspecified atom stereocenters. The number of hydrogen-bond donors (Lipinski definition) is 1. The van der Waals surface area contributed by atoms with Gasteiger partial charge in [-0.3, -0.25) is 9.59 Å². The number of hydrogen-bond acceptors (Lipinski definition) is 2. The summed E-state index contributed by atoms with van der Waals surface area (Å²) in [5.41, 5.74) is -0.499. The first-order valence-electron chi connectivity index (χ1n) is 5.33. The van der Waals surface area contributed by atoms with Gasteiger partial charge >= 0.3 is 5.97 Å². The average Bonchev–Trinajstić information content (AvgIpc) is 2.14. The lowest BCUT2D eigenvalue weighted by molar-refractivity contribution is -0.145. The second kappa shape index (κ2) is 5.68. The Kier molecular flexibility index (Phi) is 5.21. The smallest absolute Gasteiger partial charge is 0.308 e. The molecule has 0 radical (unpaired) electrons. The molecule has 16 heavy (non-hydrogen) atoms. The molecule has 0 aliphatic rings. The molecule has 0 spiro atoms. The zero-order chi connectivity index (χ0) is 12.9. The molecule has 1 N–H and O–H groups in total. The number of nitrogens with zero attached hydrogens (tertiary/aromatic N) is 1. The van der Waals surface area contributed by atoms with E-state index >= 15 is 0 Å². The maximum Gasteiger partial charge on any atom is 0.308 e. The summed E-state index contributed by atoms with van der Waals surface area (Å²) in [5, 5.41) is 8.82. The van der Waals surface area contributed by atoms with Crippen LogP contribution in [0.4, 0.5) is 0 Å². The number of carbonyl (C=O) groups is 2. The van der Waals surface area contributed by atoms with E-state index in [1.807, 2.05) is 20.8 Å². The van der Waals surface area contributed by atoms with Crippen LogP contribution in [0.1, 0.15) is 27.7 Å². The van der Waals surface area contributed by atoms with Crippen LogP contribution in [0.5, 0.6) is 0 Å². The summed E-state index contributed by atoms with van der Waals surface area (Å²) in [6.07, 6.45) is 1.61. The van der Waals surface area contributed by atoms with E-state index in [1.54, 1.807) is 13.0 Å². The predicted molar refractivity (Wildman–Crippen MR) is 63.0 cm³/mol. The van der Waals surface area contributed by atoms with Crippen molar-refractivity contribution in [3.8, 4) is 0 Å². The van der Waals surface area contributed by atoms with Crippen LogP contribution in [0.15, 0.2) is 12.7 Å². The van der Waals surface area contributed by atoms with Crippen LogP contribution < -0.4 is 0 Å². The molecule has 4 nitrogen and oxygen atoms in total. The highest BCUT2D eigenvalue weighted by Crippen LogP contribution is 2.18. The van der Waals surface area contributed by atoms with Crippen molar-refractivity contribution in [2.75, 3.05) is 13.1 Å². The maximum absolute atomic E-state index is 12.0. The van der Waals surface area contributed by atoms with Gasteiger partial charge < -0.3 is 10.0 Å². The van der Waals surface area contributed by atoms with Gasteiger partial charge in [0.05, 0.1) is 5.92 Å². The number of carboxylic acids is 1. The first kappa shape index (κ1) is 14.7. The lowest BCUT2D eigenvalue weighted by Crippen LogP contribution is -2.43. The fraction of sp³-hybridized carbons (Fsp3) is 0.667. The molecule has 0 aliphatic heterocycles. The lowest BCUT2D eigenvalue weighted by atomic mass is 9.94. The third kappa shape index (κ3) is 4.47. The molecule has 4 heteroatoms. The summed E-state index contributed by atoms with van der Waals surface area (Å²) in [6.45, 7) is 11.2. The number of amides is 1. The van der Waals surface area contributed by atoms with E-state index in [0.29, 0.717) is 6.54 Å². The molecule has 0 aromatic rings. The van der Waals surface area contributed by atoms with Gasteiger partial charge in [0.2, 0.25) is 5.91 Å². The van der Waals surface area contributed by atoms with Gasteiger partial charge in [-0.2, -0.15) is 0 Å². The van der Waals surface area contributed by atoms with Crippen molar-refractivity contribution in [2.45, 2.75) is 27.7 Å². The van der Waals surface area contributed by atoms with Crippen LogP contribution in [0.2, 0.25) is 0 Å². The summed E-state index contributed by atoms with van der Waals surface area (Å²) < 4.78 is 0. The summed E-state index contributed by atoms with van der Waals surface area (Å²) in [5.74, 6) is -1.51. The third-order valence-corrected chi connectivity index (χ3v) is 2.19. The van der Waals surface area contributed by atoms with Gasteiger partial charge in [-0.05, 0) is 0 Å². The molecule has 92 valence electrons. The highest BCUT2D eigenvalue weighted by molar-refractivity contribution is 5.82. The fourth-order valence-corrected chi connectivity index (χ4v) is 1.28. The molecule has 0 heterocycles. The summed E-state index contributed by atoms with van der Waals surface area (Å²) in [4.78, 5) is 24.3. The van der Waals surface area contributed by atoms with Crippen molar-refractivity contribution in [1.82, 2.24) is 4.90 Å². The summed E-state index contributed by atoms with van der Waals surface area (Å²) in [6, 6.07) is 0. The van der Waals surface area contributed by atoms with Crippen LogP contribution >= 0.6 is 0 Å². The minimum Gasteiger partial charge on any atom is -0.481 e. The Bertz CT molecular complexity index is 278. The standard InChI is InChI=1S/C12H21NO3/c1-6-7-13(8-9(2)10(14)15)11(16)12(3,4)5/h6,9H,1,7-8H2,2-5H3,(H,14,15). The topological polar surface area (TPSA) is 57.6 Å². The fourth-order valence-electron chi connectivity index (χ4n) is 1.28. The van der Waals surface area contributed by atoms with E-state index in [9.17, 15) is 9.59 Å². The molecule has 0 saturated carbocycles. The quantitative estimate of drug-likeness (QED) is 0.728. The molecule has 0 aliphatic carbocycles. The first-order valence-corrected chi connectivity index (χ1v) is 5.33. The van der Waals surface area contributed by atoms with Crippen LogP contribution in [0.3, 0.4) is 0 Å². The molecule has 0 saturated heterocycles. The Morgan fingerprint density at radius 2 is 1.94 bits per heavy atom. The predicted octanol–water partition coefficient (Wildman–Crippen LogP) is 1.77. The Morgan fingerprint density at radius 3 is 2.25 bits per heavy atom. The molecule has 0 bridgehead atoms. The summed E-state index contributed by atoms with van der Waals surface area (Å²) in [7, 11) is 0. The first-order chi connectivity index (χ1) is 7.20. The van der Waals surface area contributed by atoms with E-state index in [2.05, 4.69) is 6.58 Å². The number of aliphatic carboxylic acids is 1. The summed E-state index contributed by atoms with van der Waals surface area (Å²) >= 11 is 0. The van der Waals surface area contributed by atoms with Gasteiger partial charge in [0.1, 0.15) is 0 Å². The monoisotopic (exact) mass is 227 g/mol.